The van der Waals surface area contributed by atoms with Crippen LogP contribution in [0.5, 0.6) is 34.5 Å². The number of hydrogen-bond donors (Lipinski definition) is 6. The third-order valence-corrected chi connectivity index (χ3v) is 8.63. The molecule has 4 aromatic heterocycles. The van der Waals surface area contributed by atoms with E-state index in [-0.39, 0.29) is 29.0 Å². The number of aryl methyl sites for hydroxylation is 4. The van der Waals surface area contributed by atoms with Crippen molar-refractivity contribution in [1.82, 2.24) is 38.2 Å². The molecule has 0 unspecified atom stereocenters. The minimum absolute atomic E-state index is 0.204. The Bertz CT molecular complexity index is 2620. The molecule has 7 rings (SSSR count). The molecule has 22 nitrogen and oxygen atoms in total. The number of ether oxygens (including phenoxy) is 4. The fourth-order valence-corrected chi connectivity index (χ4v) is 5.20. The van der Waals surface area contributed by atoms with Gasteiger partial charge < -0.3 is 68.9 Å². The van der Waals surface area contributed by atoms with Gasteiger partial charge >= 0.3 is 5.97 Å². The Morgan fingerprint density at radius 3 is 1.28 bits per heavy atom. The van der Waals surface area contributed by atoms with Crippen molar-refractivity contribution >= 4 is 51.7 Å². The second kappa shape index (κ2) is 24.8. The van der Waals surface area contributed by atoms with Gasteiger partial charge in [-0.3, -0.25) is 14.4 Å². The van der Waals surface area contributed by atoms with E-state index in [1.165, 1.54) is 66.5 Å². The van der Waals surface area contributed by atoms with E-state index in [4.69, 9.17) is 46.5 Å². The monoisotopic (exact) mass is 917 g/mol. The molecule has 7 aromatic rings. The van der Waals surface area contributed by atoms with Crippen molar-refractivity contribution in [3.63, 3.8) is 0 Å². The lowest BCUT2D eigenvalue weighted by Crippen LogP contribution is -2.15. The molecule has 0 fully saturated rings. The first-order chi connectivity index (χ1) is 30.9. The number of halogens is 1. The Hall–Kier alpha value is -8.53. The molecule has 3 aromatic carbocycles. The highest BCUT2D eigenvalue weighted by molar-refractivity contribution is 6.67. The van der Waals surface area contributed by atoms with E-state index < -0.39 is 11.2 Å². The summed E-state index contributed by atoms with van der Waals surface area (Å²) in [4.78, 5) is 59.5. The molecule has 0 aliphatic rings. The van der Waals surface area contributed by atoms with Crippen molar-refractivity contribution in [2.45, 2.75) is 0 Å². The van der Waals surface area contributed by atoms with Gasteiger partial charge in [0.25, 0.3) is 17.1 Å². The molecule has 7 N–H and O–H groups in total. The molecule has 0 saturated carbocycles. The first kappa shape index (κ1) is 50.8. The summed E-state index contributed by atoms with van der Waals surface area (Å²) in [6.45, 7) is 0. The number of rotatable bonds is 10. The number of carbonyl (C=O) groups is 4. The number of aromatic carboxylic acids is 1. The molecule has 4 heterocycles. The number of amides is 2. The third kappa shape index (κ3) is 15.1. The van der Waals surface area contributed by atoms with Gasteiger partial charge in [-0.25, -0.2) is 24.7 Å². The van der Waals surface area contributed by atoms with Crippen LogP contribution in [0.1, 0.15) is 42.0 Å². The highest BCUT2D eigenvalue weighted by atomic mass is 35.5. The minimum Gasteiger partial charge on any atom is -0.504 e. The molecule has 0 atom stereocenters. The second-order valence-corrected chi connectivity index (χ2v) is 13.3. The number of nitrogens with two attached hydrogens (primary N) is 1. The number of carboxylic acid groups (broad SMARTS) is 1. The van der Waals surface area contributed by atoms with Crippen LogP contribution in [0.25, 0.3) is 0 Å². The number of benzene rings is 3. The van der Waals surface area contributed by atoms with E-state index in [1.807, 2.05) is 0 Å². The van der Waals surface area contributed by atoms with Gasteiger partial charge in [-0.15, -0.1) is 0 Å². The van der Waals surface area contributed by atoms with Crippen molar-refractivity contribution in [1.29, 1.82) is 0 Å². The number of anilines is 3. The van der Waals surface area contributed by atoms with Gasteiger partial charge in [0.05, 0.1) is 78.5 Å². The molecule has 0 aliphatic carbocycles. The first-order valence-electron chi connectivity index (χ1n) is 18.6. The number of phenolic OH excluding ortho intramolecular Hbond substituents is 2. The average Bonchev–Trinajstić information content (AvgIpc) is 4.12. The Kier molecular flexibility index (Phi) is 19.4. The smallest absolute Gasteiger partial charge is 0.354 e. The molecule has 23 heteroatoms. The predicted octanol–water partition coefficient (Wildman–Crippen LogP) is 4.98. The van der Waals surface area contributed by atoms with E-state index in [0.29, 0.717) is 57.1 Å². The van der Waals surface area contributed by atoms with Crippen molar-refractivity contribution in [3.8, 4) is 34.5 Å². The van der Waals surface area contributed by atoms with Crippen LogP contribution in [0.4, 0.5) is 17.1 Å². The first-order valence-corrected chi connectivity index (χ1v) is 18.9. The summed E-state index contributed by atoms with van der Waals surface area (Å²) in [7, 11) is 13.1. The van der Waals surface area contributed by atoms with Crippen LogP contribution in [0.15, 0.2) is 105 Å². The molecular formula is C42H48ClN11O11. The van der Waals surface area contributed by atoms with Crippen LogP contribution in [0, 0.1) is 0 Å². The van der Waals surface area contributed by atoms with Gasteiger partial charge in [0.1, 0.15) is 22.8 Å². The Morgan fingerprint density at radius 2 is 0.923 bits per heavy atom. The number of imidazole rings is 4. The number of nitrogen functional groups attached to an aromatic ring is 1. The summed E-state index contributed by atoms with van der Waals surface area (Å²) >= 11 is 5.15. The summed E-state index contributed by atoms with van der Waals surface area (Å²) in [6.07, 6.45) is 11.7. The van der Waals surface area contributed by atoms with Gasteiger partial charge in [0, 0.05) is 63.5 Å². The fourth-order valence-electron chi connectivity index (χ4n) is 5.02. The highest BCUT2D eigenvalue weighted by Gasteiger charge is 2.13. The van der Waals surface area contributed by atoms with Crippen molar-refractivity contribution < 1.29 is 53.4 Å². The normalized spacial score (nSPS) is 9.80. The summed E-state index contributed by atoms with van der Waals surface area (Å²) < 4.78 is 26.6. The van der Waals surface area contributed by atoms with Gasteiger partial charge in [-0.05, 0) is 48.0 Å². The van der Waals surface area contributed by atoms with E-state index in [0.717, 1.165) is 0 Å². The molecule has 0 spiro atoms. The molecule has 0 aliphatic heterocycles. The van der Waals surface area contributed by atoms with Gasteiger partial charge in [-0.1, -0.05) is 0 Å². The maximum Gasteiger partial charge on any atom is 0.354 e. The standard InChI is InChI=1S/C13H15N3O3.C11H11N3O3.C8H11NO2.C5H5ClN2O.C5H6N2O2/c1-16-8-14-7-10(16)13(17)15-9-4-5-11(18-2)12(6-9)19-3;1-14-6-12-5-8(14)11(17)13-7-2-3-9(15)10(16)4-7;1-10-7-4-3-6(9)5-8(7)11-2;1-8-3-7-2-4(8)5(6)9;1-7-3-6-2-4(7)5(8)9/h4-8H,1-3H3,(H,15,17);2-6,15-16H,1H3,(H,13,17);3-5H,9H2,1-2H3;2-3H,1H3;2-3H,1H3,(H,8,9). The molecule has 0 saturated heterocycles. The SMILES string of the molecule is COc1ccc(N)cc1OC.COc1ccc(NC(=O)c2cncn2C)cc1OC.Cn1cncc1C(=O)Cl.Cn1cncc1C(=O)Nc1ccc(O)c(O)c1.Cn1cncc1C(=O)O. The van der Waals surface area contributed by atoms with Crippen LogP contribution < -0.4 is 35.3 Å². The number of nitrogens with zero attached hydrogens (tertiary/aromatic N) is 8. The van der Waals surface area contributed by atoms with Crippen LogP contribution in [-0.2, 0) is 28.2 Å². The van der Waals surface area contributed by atoms with Crippen LogP contribution in [0.3, 0.4) is 0 Å². The molecule has 0 bridgehead atoms. The van der Waals surface area contributed by atoms with Crippen molar-refractivity contribution in [2.75, 3.05) is 44.8 Å². The lowest BCUT2D eigenvalue weighted by atomic mass is 10.2. The van der Waals surface area contributed by atoms with E-state index in [9.17, 15) is 24.3 Å². The molecular weight excluding hydrogens is 870 g/mol. The summed E-state index contributed by atoms with van der Waals surface area (Å²) in [5.74, 6) is 0.495. The van der Waals surface area contributed by atoms with Crippen LogP contribution >= 0.6 is 11.6 Å². The lowest BCUT2D eigenvalue weighted by molar-refractivity contribution is 0.0685. The number of carbonyl (C=O) groups excluding carboxylic acids is 3. The van der Waals surface area contributed by atoms with Gasteiger partial charge in [0.2, 0.25) is 0 Å². The van der Waals surface area contributed by atoms with E-state index >= 15 is 0 Å². The number of aromatic nitrogens is 8. The van der Waals surface area contributed by atoms with Crippen molar-refractivity contribution in [2.24, 2.45) is 28.2 Å². The molecule has 344 valence electrons. The van der Waals surface area contributed by atoms with Crippen molar-refractivity contribution in [3.05, 3.63) is 127 Å². The number of phenols is 2. The molecule has 0 radical (unpaired) electrons. The number of aromatic hydroxyl groups is 2. The van der Waals surface area contributed by atoms with Crippen LogP contribution in [0.2, 0.25) is 0 Å². The topological polar surface area (TPSA) is 287 Å². The predicted molar refractivity (Wildman–Crippen MR) is 239 cm³/mol. The molecule has 2 amide bonds. The lowest BCUT2D eigenvalue weighted by Gasteiger charge is -2.10. The summed E-state index contributed by atoms with van der Waals surface area (Å²) in [5.41, 5.74) is 8.71. The fraction of sp³-hybridized carbons (Fsp3) is 0.190. The van der Waals surface area contributed by atoms with Gasteiger partial charge in [-0.2, -0.15) is 0 Å². The zero-order chi connectivity index (χ0) is 48.2. The number of methoxy groups -OCH3 is 4. The Labute approximate surface area is 377 Å². The second-order valence-electron chi connectivity index (χ2n) is 12.9. The minimum atomic E-state index is -0.949. The number of nitrogens with one attached hydrogen (secondary N) is 2. The van der Waals surface area contributed by atoms with Crippen LogP contribution in [-0.4, -0.2) is 105 Å². The maximum atomic E-state index is 12.0. The Balaban J connectivity index is 0.000000224. The molecule has 65 heavy (non-hydrogen) atoms. The van der Waals surface area contributed by atoms with E-state index in [2.05, 4.69) is 30.6 Å². The zero-order valence-corrected chi connectivity index (χ0v) is 37.2. The summed E-state index contributed by atoms with van der Waals surface area (Å²) in [5, 5.41) is 31.7. The third-order valence-electron chi connectivity index (χ3n) is 8.43. The van der Waals surface area contributed by atoms with E-state index in [1.54, 1.807) is 113 Å². The zero-order valence-electron chi connectivity index (χ0n) is 36.5. The largest absolute Gasteiger partial charge is 0.504 e. The number of hydrogen-bond acceptors (Lipinski definition) is 15. The maximum absolute atomic E-state index is 12.0. The average molecular weight is 918 g/mol. The Morgan fingerprint density at radius 1 is 0.538 bits per heavy atom. The number of carboxylic acids is 1. The van der Waals surface area contributed by atoms with Gasteiger partial charge in [0.15, 0.2) is 34.5 Å². The quantitative estimate of drug-likeness (QED) is 0.0457. The highest BCUT2D eigenvalue weighted by Crippen LogP contribution is 2.30. The summed E-state index contributed by atoms with van der Waals surface area (Å²) in [6, 6.07) is 14.5.